The Morgan fingerprint density at radius 2 is 1.32 bits per heavy atom. The van der Waals surface area contributed by atoms with Crippen LogP contribution < -0.4 is 9.30 Å². The zero-order chi connectivity index (χ0) is 48.5. The van der Waals surface area contributed by atoms with E-state index in [9.17, 15) is 0 Å². The van der Waals surface area contributed by atoms with Crippen molar-refractivity contribution in [2.24, 2.45) is 5.92 Å². The Labute approximate surface area is 388 Å². The van der Waals surface area contributed by atoms with Gasteiger partial charge in [-0.15, -0.1) is 0 Å². The van der Waals surface area contributed by atoms with E-state index in [1.165, 1.54) is 11.1 Å². The van der Waals surface area contributed by atoms with E-state index in [0.29, 0.717) is 45.0 Å². The van der Waals surface area contributed by atoms with Crippen molar-refractivity contribution in [3.8, 4) is 50.9 Å². The normalized spacial score (nSPS) is 13.1. The van der Waals surface area contributed by atoms with Gasteiger partial charge in [-0.3, -0.25) is 13.7 Å². The fourth-order valence-corrected chi connectivity index (χ4v) is 8.94. The summed E-state index contributed by atoms with van der Waals surface area (Å²) in [5.74, 6) is 2.14. The predicted molar refractivity (Wildman–Crippen MR) is 269 cm³/mol. The van der Waals surface area contributed by atoms with Crippen LogP contribution in [0.15, 0.2) is 176 Å². The first-order chi connectivity index (χ1) is 33.0. The van der Waals surface area contributed by atoms with E-state index in [4.69, 9.17) is 15.2 Å². The van der Waals surface area contributed by atoms with Crippen molar-refractivity contribution in [2.75, 3.05) is 0 Å². The average Bonchev–Trinajstić information content (AvgIpc) is 3.88. The standard InChI is InChI=1S/C60H56N4O/c1-40(2)32-41-30-31-61-57(33-41)64-53-25-13-12-22-51(53)52-29-28-48(38-56(52)64)65-47-21-16-20-46(37-47)62-39-63(55-27-15-14-26-54(55)62)58-49(42-18-10-9-11-19-42)23-17-24-50(58)43-34-44(59(3,4)5)36-45(35-43)60(6,7)8/h9-31,33-38,40H,32H2,1-8H3/i12D,13D,22D,25D. The van der Waals surface area contributed by atoms with Crippen molar-refractivity contribution in [2.45, 2.75) is 72.6 Å². The van der Waals surface area contributed by atoms with Gasteiger partial charge in [0.2, 0.25) is 0 Å². The lowest BCUT2D eigenvalue weighted by Gasteiger charge is -2.27. The molecule has 0 unspecified atom stereocenters. The minimum absolute atomic E-state index is 0.0639. The molecule has 0 bridgehead atoms. The summed E-state index contributed by atoms with van der Waals surface area (Å²) in [6, 6.07) is 49.5. The van der Waals surface area contributed by atoms with Crippen LogP contribution in [0, 0.1) is 12.2 Å². The number of para-hydroxylation sites is 4. The number of ether oxygens (including phenoxy) is 1. The number of benzene rings is 7. The number of hydrogen-bond donors (Lipinski definition) is 0. The topological polar surface area (TPSA) is 35.9 Å². The molecule has 0 aliphatic carbocycles. The summed E-state index contributed by atoms with van der Waals surface area (Å²) in [4.78, 5) is 4.75. The lowest BCUT2D eigenvalue weighted by atomic mass is 9.78. The van der Waals surface area contributed by atoms with Crippen molar-refractivity contribution < 1.29 is 14.8 Å². The van der Waals surface area contributed by atoms with Crippen molar-refractivity contribution in [1.82, 2.24) is 14.1 Å². The number of hydrogen-bond acceptors (Lipinski definition) is 2. The summed E-state index contributed by atoms with van der Waals surface area (Å²) in [6.45, 7) is 18.0. The van der Waals surface area contributed by atoms with Gasteiger partial charge in [0.25, 0.3) is 6.33 Å². The maximum absolute atomic E-state index is 9.06. The van der Waals surface area contributed by atoms with Crippen LogP contribution >= 0.6 is 0 Å². The Bertz CT molecular complexity index is 3580. The third kappa shape index (κ3) is 8.01. The highest BCUT2D eigenvalue weighted by atomic mass is 16.5. The molecule has 0 radical (unpaired) electrons. The first-order valence-corrected chi connectivity index (χ1v) is 22.5. The Morgan fingerprint density at radius 3 is 2.08 bits per heavy atom. The quantitative estimate of drug-likeness (QED) is 0.107. The molecule has 0 aliphatic rings. The van der Waals surface area contributed by atoms with Gasteiger partial charge in [0, 0.05) is 23.0 Å². The highest BCUT2D eigenvalue weighted by Gasteiger charge is 2.25. The second-order valence-electron chi connectivity index (χ2n) is 19.6. The molecule has 65 heavy (non-hydrogen) atoms. The Balaban J connectivity index is 1.12. The van der Waals surface area contributed by atoms with Crippen LogP contribution in [-0.4, -0.2) is 14.1 Å². The molecule has 322 valence electrons. The zero-order valence-electron chi connectivity index (χ0n) is 42.4. The van der Waals surface area contributed by atoms with Gasteiger partial charge in [-0.25, -0.2) is 4.98 Å². The highest BCUT2D eigenvalue weighted by molar-refractivity contribution is 6.09. The average molecular weight is 853 g/mol. The predicted octanol–water partition coefficient (Wildman–Crippen LogP) is 15.1. The Kier molecular flexibility index (Phi) is 9.37. The van der Waals surface area contributed by atoms with Gasteiger partial charge in [-0.1, -0.05) is 171 Å². The molecule has 5 nitrogen and oxygen atoms in total. The molecule has 0 saturated heterocycles. The van der Waals surface area contributed by atoms with Gasteiger partial charge in [-0.05, 0) is 111 Å². The smallest absolute Gasteiger partial charge is 0.269 e. The SMILES string of the molecule is [2H]c1c([2H])c([2H])c2c(c1[2H])c1ccc(Oc3cccc(-n4[c-][n+](-c5c(-c6ccccc6)cccc5-c5cc(C(C)(C)C)cc(C(C)(C)C)c5)c5ccccc54)c3)cc1n2-c1cc(CC(C)C)ccn1. The minimum Gasteiger partial charge on any atom is -0.458 e. The second-order valence-corrected chi connectivity index (χ2v) is 19.6. The van der Waals surface area contributed by atoms with Crippen molar-refractivity contribution in [3.05, 3.63) is 199 Å². The largest absolute Gasteiger partial charge is 0.458 e. The third-order valence-electron chi connectivity index (χ3n) is 12.2. The fourth-order valence-electron chi connectivity index (χ4n) is 8.94. The van der Waals surface area contributed by atoms with Gasteiger partial charge in [0.05, 0.1) is 38.9 Å². The molecule has 10 aromatic rings. The van der Waals surface area contributed by atoms with E-state index in [1.54, 1.807) is 6.20 Å². The maximum Gasteiger partial charge on any atom is 0.269 e. The van der Waals surface area contributed by atoms with E-state index in [1.807, 2.05) is 53.1 Å². The Morgan fingerprint density at radius 1 is 0.631 bits per heavy atom. The lowest BCUT2D eigenvalue weighted by molar-refractivity contribution is -0.571. The van der Waals surface area contributed by atoms with Gasteiger partial charge in [0.1, 0.15) is 17.3 Å². The molecule has 0 N–H and O–H groups in total. The molecule has 3 aromatic heterocycles. The van der Waals surface area contributed by atoms with E-state index in [2.05, 4.69) is 168 Å². The minimum atomic E-state index is -0.289. The second kappa shape index (κ2) is 16.4. The number of nitrogens with zero attached hydrogens (tertiary/aromatic N) is 4. The van der Waals surface area contributed by atoms with Crippen molar-refractivity contribution >= 4 is 32.8 Å². The van der Waals surface area contributed by atoms with E-state index in [-0.39, 0.29) is 35.0 Å². The summed E-state index contributed by atoms with van der Waals surface area (Å²) >= 11 is 0. The van der Waals surface area contributed by atoms with Crippen molar-refractivity contribution in [1.29, 1.82) is 0 Å². The van der Waals surface area contributed by atoms with Crippen LogP contribution in [0.2, 0.25) is 0 Å². The first kappa shape index (κ1) is 37.2. The number of imidazole rings is 1. The highest BCUT2D eigenvalue weighted by Crippen LogP contribution is 2.40. The molecule has 0 aliphatic heterocycles. The molecule has 3 heterocycles. The van der Waals surface area contributed by atoms with Gasteiger partial charge in [0.15, 0.2) is 0 Å². The van der Waals surface area contributed by atoms with Crippen LogP contribution in [0.25, 0.3) is 72.3 Å². The molecule has 0 atom stereocenters. The van der Waals surface area contributed by atoms with Gasteiger partial charge >= 0.3 is 0 Å². The van der Waals surface area contributed by atoms with Gasteiger partial charge < -0.3 is 4.74 Å². The molecule has 0 saturated carbocycles. The van der Waals surface area contributed by atoms with Crippen LogP contribution in [0.3, 0.4) is 0 Å². The van der Waals surface area contributed by atoms with Crippen LogP contribution in [0.1, 0.15) is 77.6 Å². The molecule has 0 spiro atoms. The molecule has 10 rings (SSSR count). The number of aromatic nitrogens is 4. The third-order valence-corrected chi connectivity index (χ3v) is 12.2. The summed E-state index contributed by atoms with van der Waals surface area (Å²) in [6.07, 6.45) is 6.43. The summed E-state index contributed by atoms with van der Waals surface area (Å²) in [5, 5.41) is 1.12. The first-order valence-electron chi connectivity index (χ1n) is 24.5. The molecular formula is C60H56N4O. The molecule has 0 fully saturated rings. The zero-order valence-corrected chi connectivity index (χ0v) is 38.4. The summed E-state index contributed by atoms with van der Waals surface area (Å²) in [5.41, 5.74) is 12.9. The summed E-state index contributed by atoms with van der Waals surface area (Å²) in [7, 11) is 0. The van der Waals surface area contributed by atoms with Crippen molar-refractivity contribution in [3.63, 3.8) is 0 Å². The van der Waals surface area contributed by atoms with Gasteiger partial charge in [-0.2, -0.15) is 0 Å². The molecule has 7 aromatic carbocycles. The molecule has 0 amide bonds. The Hall–Kier alpha value is -7.24. The van der Waals surface area contributed by atoms with E-state index < -0.39 is 0 Å². The van der Waals surface area contributed by atoms with Crippen LogP contribution in [-0.2, 0) is 17.3 Å². The lowest BCUT2D eigenvalue weighted by Crippen LogP contribution is -2.31. The maximum atomic E-state index is 9.06. The summed E-state index contributed by atoms with van der Waals surface area (Å²) < 4.78 is 48.1. The van der Waals surface area contributed by atoms with Crippen LogP contribution in [0.4, 0.5) is 0 Å². The molecular weight excluding hydrogens is 793 g/mol. The number of rotatable bonds is 9. The molecule has 5 heteroatoms. The fraction of sp³-hybridized carbons (Fsp3) is 0.200. The van der Waals surface area contributed by atoms with Crippen LogP contribution in [0.5, 0.6) is 11.5 Å². The monoisotopic (exact) mass is 852 g/mol. The van der Waals surface area contributed by atoms with E-state index in [0.717, 1.165) is 56.6 Å². The number of fused-ring (bicyclic) bond motifs is 4. The van der Waals surface area contributed by atoms with E-state index >= 15 is 0 Å². The number of pyridine rings is 1.